The van der Waals surface area contributed by atoms with Crippen LogP contribution in [0, 0.1) is 5.41 Å². The molecule has 1 aromatic rings. The molecule has 0 aromatic carbocycles. The summed E-state index contributed by atoms with van der Waals surface area (Å²) in [6, 6.07) is 1.83. The molecule has 0 spiro atoms. The van der Waals surface area contributed by atoms with Crippen molar-refractivity contribution < 1.29 is 37.3 Å². The number of hydrogen-bond acceptors (Lipinski definition) is 7. The van der Waals surface area contributed by atoms with Gasteiger partial charge in [-0.25, -0.2) is 14.8 Å². The first kappa shape index (κ1) is 24.2. The number of likely N-dealkylation sites (tertiary alicyclic amines) is 1. The summed E-state index contributed by atoms with van der Waals surface area (Å²) in [5.74, 6) is -1.88. The maximum atomic E-state index is 12.2. The number of aliphatic carboxylic acids is 1. The minimum Gasteiger partial charge on any atom is -0.475 e. The third-order valence-corrected chi connectivity index (χ3v) is 5.92. The third kappa shape index (κ3) is 6.06. The molecule has 0 aliphatic carbocycles. The number of nitrogens with zero attached hydrogens (tertiary/aromatic N) is 4. The molecule has 4 rings (SSSR count). The van der Waals surface area contributed by atoms with E-state index >= 15 is 0 Å². The number of aromatic nitrogens is 2. The quantitative estimate of drug-likeness (QED) is 0.709. The molecule has 3 aliphatic heterocycles. The lowest BCUT2D eigenvalue weighted by Gasteiger charge is -2.43. The zero-order valence-corrected chi connectivity index (χ0v) is 17.6. The Labute approximate surface area is 183 Å². The highest BCUT2D eigenvalue weighted by Crippen LogP contribution is 2.41. The van der Waals surface area contributed by atoms with Crippen molar-refractivity contribution in [1.29, 1.82) is 0 Å². The first-order chi connectivity index (χ1) is 15.2. The Kier molecular flexibility index (Phi) is 7.88. The van der Waals surface area contributed by atoms with Gasteiger partial charge in [-0.05, 0) is 31.7 Å². The van der Waals surface area contributed by atoms with E-state index in [0.717, 1.165) is 64.4 Å². The van der Waals surface area contributed by atoms with Gasteiger partial charge in [0.05, 0.1) is 12.7 Å². The second-order valence-electron chi connectivity index (χ2n) is 8.11. The third-order valence-electron chi connectivity index (χ3n) is 5.92. The van der Waals surface area contributed by atoms with Gasteiger partial charge in [0, 0.05) is 50.6 Å². The number of ether oxygens (including phenoxy) is 2. The Morgan fingerprint density at radius 3 is 2.50 bits per heavy atom. The average molecular weight is 460 g/mol. The molecule has 1 aromatic heterocycles. The molecule has 32 heavy (non-hydrogen) atoms. The Balaban J connectivity index is 0.000000360. The highest BCUT2D eigenvalue weighted by molar-refractivity contribution is 5.77. The lowest BCUT2D eigenvalue weighted by atomic mass is 9.77. The van der Waals surface area contributed by atoms with E-state index in [1.165, 1.54) is 0 Å². The molecule has 12 heteroatoms. The summed E-state index contributed by atoms with van der Waals surface area (Å²) in [7, 11) is 0. The summed E-state index contributed by atoms with van der Waals surface area (Å²) in [6.07, 6.45) is 2.79. The second-order valence-corrected chi connectivity index (χ2v) is 8.11. The first-order valence-corrected chi connectivity index (χ1v) is 10.5. The Morgan fingerprint density at radius 2 is 1.88 bits per heavy atom. The molecule has 178 valence electrons. The Hall–Kier alpha value is -2.47. The number of rotatable bonds is 5. The number of alkyl halides is 3. The monoisotopic (exact) mass is 460 g/mol. The van der Waals surface area contributed by atoms with Crippen LogP contribution < -0.4 is 4.90 Å². The molecule has 0 saturated carbocycles. The summed E-state index contributed by atoms with van der Waals surface area (Å²) in [5.41, 5.74) is -0.0667. The van der Waals surface area contributed by atoms with Crippen molar-refractivity contribution in [3.63, 3.8) is 0 Å². The van der Waals surface area contributed by atoms with Gasteiger partial charge in [-0.15, -0.1) is 0 Å². The van der Waals surface area contributed by atoms with Crippen LogP contribution in [-0.4, -0.2) is 90.1 Å². The lowest BCUT2D eigenvalue weighted by Crippen LogP contribution is -2.52. The topological polar surface area (TPSA) is 105 Å². The van der Waals surface area contributed by atoms with E-state index in [-0.39, 0.29) is 24.0 Å². The molecule has 2 atom stereocenters. The molecule has 9 nitrogen and oxygen atoms in total. The molecule has 1 N–H and O–H groups in total. The van der Waals surface area contributed by atoms with Crippen molar-refractivity contribution in [3.8, 4) is 0 Å². The lowest BCUT2D eigenvalue weighted by molar-refractivity contribution is -0.192. The van der Waals surface area contributed by atoms with Gasteiger partial charge in [-0.2, -0.15) is 13.2 Å². The summed E-state index contributed by atoms with van der Waals surface area (Å²) in [5, 5.41) is 7.12. The first-order valence-electron chi connectivity index (χ1n) is 10.5. The van der Waals surface area contributed by atoms with Crippen LogP contribution in [0.25, 0.3) is 0 Å². The number of carboxylic acid groups (broad SMARTS) is 1. The van der Waals surface area contributed by atoms with E-state index in [1.54, 1.807) is 12.4 Å². The van der Waals surface area contributed by atoms with Crippen molar-refractivity contribution in [1.82, 2.24) is 14.9 Å². The molecule has 0 radical (unpaired) electrons. The number of fused-ring (bicyclic) bond motifs is 1. The number of piperidine rings is 1. The van der Waals surface area contributed by atoms with E-state index in [2.05, 4.69) is 14.9 Å². The molecule has 3 saturated heterocycles. The van der Waals surface area contributed by atoms with E-state index in [9.17, 15) is 18.0 Å². The van der Waals surface area contributed by atoms with E-state index in [0.29, 0.717) is 6.61 Å². The number of amides is 1. The number of anilines is 1. The zero-order valence-electron chi connectivity index (χ0n) is 17.6. The van der Waals surface area contributed by atoms with Gasteiger partial charge in [0.15, 0.2) is 0 Å². The summed E-state index contributed by atoms with van der Waals surface area (Å²) >= 11 is 0. The number of carboxylic acids is 1. The Morgan fingerprint density at radius 1 is 1.22 bits per heavy atom. The summed E-state index contributed by atoms with van der Waals surface area (Å²) in [6.45, 7) is 4.95. The van der Waals surface area contributed by atoms with Gasteiger partial charge in [0.25, 0.3) is 0 Å². The van der Waals surface area contributed by atoms with Crippen LogP contribution >= 0.6 is 0 Å². The number of halogens is 3. The highest BCUT2D eigenvalue weighted by Gasteiger charge is 2.48. The summed E-state index contributed by atoms with van der Waals surface area (Å²) < 4.78 is 43.6. The molecule has 4 heterocycles. The molecule has 1 amide bonds. The maximum absolute atomic E-state index is 12.2. The normalized spacial score (nSPS) is 25.2. The molecule has 0 bridgehead atoms. The van der Waals surface area contributed by atoms with Gasteiger partial charge in [0.2, 0.25) is 11.9 Å². The molecule has 3 aliphatic rings. The van der Waals surface area contributed by atoms with Crippen LogP contribution in [0.1, 0.15) is 25.7 Å². The average Bonchev–Trinajstić information content (AvgIpc) is 3.44. The minimum absolute atomic E-state index is 0.0667. The SMILES string of the molecule is O=C(COC[C@@]12CCO[C@@H]1CCN(c1ncccn1)C2)N1CCCC1.O=C(O)C(F)(F)F. The zero-order chi connectivity index (χ0) is 23.2. The number of hydrogen-bond donors (Lipinski definition) is 1. The second kappa shape index (κ2) is 10.4. The molecular weight excluding hydrogens is 433 g/mol. The van der Waals surface area contributed by atoms with Crippen molar-refractivity contribution in [2.24, 2.45) is 5.41 Å². The van der Waals surface area contributed by atoms with Crippen molar-refractivity contribution in [2.45, 2.75) is 38.0 Å². The van der Waals surface area contributed by atoms with Gasteiger partial charge < -0.3 is 24.4 Å². The smallest absolute Gasteiger partial charge is 0.475 e. The fraction of sp³-hybridized carbons (Fsp3) is 0.700. The van der Waals surface area contributed by atoms with Gasteiger partial charge in [0.1, 0.15) is 6.61 Å². The molecule has 0 unspecified atom stereocenters. The van der Waals surface area contributed by atoms with E-state index < -0.39 is 12.1 Å². The van der Waals surface area contributed by atoms with Crippen LogP contribution in [0.4, 0.5) is 19.1 Å². The van der Waals surface area contributed by atoms with Crippen LogP contribution in [0.3, 0.4) is 0 Å². The van der Waals surface area contributed by atoms with Crippen LogP contribution in [0.5, 0.6) is 0 Å². The predicted molar refractivity (Wildman–Crippen MR) is 106 cm³/mol. The number of carbonyl (C=O) groups is 2. The minimum atomic E-state index is -5.08. The van der Waals surface area contributed by atoms with Crippen molar-refractivity contribution in [2.75, 3.05) is 50.9 Å². The van der Waals surface area contributed by atoms with Crippen molar-refractivity contribution in [3.05, 3.63) is 18.5 Å². The van der Waals surface area contributed by atoms with Crippen molar-refractivity contribution >= 4 is 17.8 Å². The number of carbonyl (C=O) groups excluding carboxylic acids is 1. The summed E-state index contributed by atoms with van der Waals surface area (Å²) in [4.78, 5) is 34.0. The largest absolute Gasteiger partial charge is 0.490 e. The van der Waals surface area contributed by atoms with Crippen LogP contribution in [-0.2, 0) is 19.1 Å². The van der Waals surface area contributed by atoms with Gasteiger partial charge in [-0.1, -0.05) is 0 Å². The fourth-order valence-electron chi connectivity index (χ4n) is 4.28. The van der Waals surface area contributed by atoms with Gasteiger partial charge >= 0.3 is 12.1 Å². The van der Waals surface area contributed by atoms with Crippen LogP contribution in [0.15, 0.2) is 18.5 Å². The highest BCUT2D eigenvalue weighted by atomic mass is 19.4. The Bertz CT molecular complexity index is 776. The van der Waals surface area contributed by atoms with E-state index in [1.807, 2.05) is 11.0 Å². The molecule has 3 fully saturated rings. The van der Waals surface area contributed by atoms with Crippen LogP contribution in [0.2, 0.25) is 0 Å². The molecular formula is C20H27F3N4O5. The van der Waals surface area contributed by atoms with E-state index in [4.69, 9.17) is 19.4 Å². The van der Waals surface area contributed by atoms with Gasteiger partial charge in [-0.3, -0.25) is 4.79 Å². The fourth-order valence-corrected chi connectivity index (χ4v) is 4.28. The maximum Gasteiger partial charge on any atom is 0.490 e. The predicted octanol–water partition coefficient (Wildman–Crippen LogP) is 1.73. The standard InChI is InChI=1S/C18H26N4O3.C2HF3O2/c23-16(21-8-1-2-9-21)12-24-14-18-5-11-25-15(18)4-10-22(13-18)17-19-6-3-7-20-17;3-2(4,5)1(6)7/h3,6-7,15H,1-2,4-5,8-14H2;(H,6,7)/t15-,18+;/m1./s1.